The van der Waals surface area contributed by atoms with Crippen molar-refractivity contribution >= 4 is 11.8 Å². The van der Waals surface area contributed by atoms with Gasteiger partial charge < -0.3 is 14.5 Å². The summed E-state index contributed by atoms with van der Waals surface area (Å²) in [5.41, 5.74) is 5.88. The van der Waals surface area contributed by atoms with E-state index < -0.39 is 17.9 Å². The van der Waals surface area contributed by atoms with E-state index in [1.807, 2.05) is 24.3 Å². The van der Waals surface area contributed by atoms with Crippen LogP contribution in [0.1, 0.15) is 23.0 Å². The van der Waals surface area contributed by atoms with E-state index in [-0.39, 0.29) is 6.61 Å². The SMILES string of the molecule is COc1cccc(COC(C)C(=O)NNC(=O)c2ccc[nH]2)c1. The van der Waals surface area contributed by atoms with Crippen molar-refractivity contribution in [3.05, 3.63) is 53.9 Å². The van der Waals surface area contributed by atoms with Gasteiger partial charge in [0.15, 0.2) is 0 Å². The molecule has 1 atom stereocenters. The van der Waals surface area contributed by atoms with Gasteiger partial charge in [-0.25, -0.2) is 0 Å². The van der Waals surface area contributed by atoms with Crippen LogP contribution in [0.2, 0.25) is 0 Å². The normalized spacial score (nSPS) is 11.6. The number of H-pyrrole nitrogens is 1. The van der Waals surface area contributed by atoms with Gasteiger partial charge in [0.05, 0.1) is 13.7 Å². The van der Waals surface area contributed by atoms with Crippen LogP contribution < -0.4 is 15.6 Å². The van der Waals surface area contributed by atoms with Crippen molar-refractivity contribution in [1.82, 2.24) is 15.8 Å². The highest BCUT2D eigenvalue weighted by Crippen LogP contribution is 2.13. The van der Waals surface area contributed by atoms with Crippen molar-refractivity contribution in [3.63, 3.8) is 0 Å². The highest BCUT2D eigenvalue weighted by molar-refractivity contribution is 5.94. The number of methoxy groups -OCH3 is 1. The van der Waals surface area contributed by atoms with Gasteiger partial charge in [0, 0.05) is 6.20 Å². The second-order valence-electron chi connectivity index (χ2n) is 4.83. The Balaban J connectivity index is 1.77. The summed E-state index contributed by atoms with van der Waals surface area (Å²) in [4.78, 5) is 26.3. The van der Waals surface area contributed by atoms with Gasteiger partial charge in [-0.2, -0.15) is 0 Å². The van der Waals surface area contributed by atoms with Gasteiger partial charge in [0.25, 0.3) is 11.8 Å². The van der Waals surface area contributed by atoms with E-state index in [4.69, 9.17) is 9.47 Å². The highest BCUT2D eigenvalue weighted by Gasteiger charge is 2.15. The number of aromatic nitrogens is 1. The molecule has 0 aliphatic heterocycles. The summed E-state index contributed by atoms with van der Waals surface area (Å²) in [5, 5.41) is 0. The fourth-order valence-corrected chi connectivity index (χ4v) is 1.82. The average Bonchev–Trinajstić information content (AvgIpc) is 3.12. The maximum atomic E-state index is 11.9. The first kappa shape index (κ1) is 16.6. The van der Waals surface area contributed by atoms with Crippen LogP contribution in [0.4, 0.5) is 0 Å². The average molecular weight is 317 g/mol. The molecule has 1 aromatic carbocycles. The molecule has 2 rings (SSSR count). The zero-order valence-corrected chi connectivity index (χ0v) is 13.0. The number of hydrogen-bond acceptors (Lipinski definition) is 4. The van der Waals surface area contributed by atoms with E-state index in [2.05, 4.69) is 15.8 Å². The van der Waals surface area contributed by atoms with Gasteiger partial charge in [0.1, 0.15) is 17.5 Å². The number of carbonyl (C=O) groups is 2. The summed E-state index contributed by atoms with van der Waals surface area (Å²) < 4.78 is 10.6. The van der Waals surface area contributed by atoms with Gasteiger partial charge in [0.2, 0.25) is 0 Å². The van der Waals surface area contributed by atoms with E-state index in [1.54, 1.807) is 32.4 Å². The molecule has 0 bridgehead atoms. The van der Waals surface area contributed by atoms with E-state index in [0.717, 1.165) is 11.3 Å². The molecular formula is C16H19N3O4. The van der Waals surface area contributed by atoms with Crippen molar-refractivity contribution < 1.29 is 19.1 Å². The fourth-order valence-electron chi connectivity index (χ4n) is 1.82. The number of hydrazine groups is 1. The van der Waals surface area contributed by atoms with Crippen LogP contribution in [0.15, 0.2) is 42.6 Å². The molecule has 1 aromatic heterocycles. The summed E-state index contributed by atoms with van der Waals surface area (Å²) in [7, 11) is 1.59. The van der Waals surface area contributed by atoms with Crippen molar-refractivity contribution in [2.45, 2.75) is 19.6 Å². The second-order valence-corrected chi connectivity index (χ2v) is 4.83. The second kappa shape index (κ2) is 8.00. The van der Waals surface area contributed by atoms with E-state index >= 15 is 0 Å². The Kier molecular flexibility index (Phi) is 5.76. The molecule has 2 aromatic rings. The Morgan fingerprint density at radius 1 is 1.22 bits per heavy atom. The molecule has 0 spiro atoms. The van der Waals surface area contributed by atoms with Crippen molar-refractivity contribution in [1.29, 1.82) is 0 Å². The highest BCUT2D eigenvalue weighted by atomic mass is 16.5. The van der Waals surface area contributed by atoms with E-state index in [9.17, 15) is 9.59 Å². The third kappa shape index (κ3) is 4.86. The number of hydrogen-bond donors (Lipinski definition) is 3. The predicted octanol–water partition coefficient (Wildman–Crippen LogP) is 1.39. The lowest BCUT2D eigenvalue weighted by molar-refractivity contribution is -0.133. The molecule has 7 heteroatoms. The van der Waals surface area contributed by atoms with Crippen molar-refractivity contribution in [2.24, 2.45) is 0 Å². The molecule has 0 radical (unpaired) electrons. The predicted molar refractivity (Wildman–Crippen MR) is 83.6 cm³/mol. The smallest absolute Gasteiger partial charge is 0.286 e. The van der Waals surface area contributed by atoms with Crippen molar-refractivity contribution in [3.8, 4) is 5.75 Å². The summed E-state index contributed by atoms with van der Waals surface area (Å²) in [5.74, 6) is -0.141. The quantitative estimate of drug-likeness (QED) is 0.702. The lowest BCUT2D eigenvalue weighted by atomic mass is 10.2. The molecule has 2 amide bonds. The van der Waals surface area contributed by atoms with Crippen LogP contribution in [0, 0.1) is 0 Å². The third-order valence-electron chi connectivity index (χ3n) is 3.15. The maximum Gasteiger partial charge on any atom is 0.286 e. The largest absolute Gasteiger partial charge is 0.497 e. The minimum absolute atomic E-state index is 0.260. The topological polar surface area (TPSA) is 92.4 Å². The number of rotatable bonds is 6. The molecule has 0 fully saturated rings. The number of ether oxygens (including phenoxy) is 2. The van der Waals surface area contributed by atoms with Gasteiger partial charge in [-0.15, -0.1) is 0 Å². The minimum atomic E-state index is -0.717. The first-order valence-electron chi connectivity index (χ1n) is 7.08. The Labute approximate surface area is 134 Å². The molecule has 122 valence electrons. The van der Waals surface area contributed by atoms with Crippen LogP contribution in [0.3, 0.4) is 0 Å². The fraction of sp³-hybridized carbons (Fsp3) is 0.250. The number of amides is 2. The van der Waals surface area contributed by atoms with Gasteiger partial charge in [-0.05, 0) is 36.8 Å². The van der Waals surface area contributed by atoms with Crippen LogP contribution >= 0.6 is 0 Å². The van der Waals surface area contributed by atoms with Crippen LogP contribution in [0.5, 0.6) is 5.75 Å². The Bertz CT molecular complexity index is 655. The Morgan fingerprint density at radius 3 is 2.74 bits per heavy atom. The lowest BCUT2D eigenvalue weighted by Crippen LogP contribution is -2.46. The first-order valence-corrected chi connectivity index (χ1v) is 7.08. The number of carbonyl (C=O) groups excluding carboxylic acids is 2. The van der Waals surface area contributed by atoms with E-state index in [0.29, 0.717) is 5.69 Å². The summed E-state index contributed by atoms with van der Waals surface area (Å²) >= 11 is 0. The molecule has 1 unspecified atom stereocenters. The molecule has 7 nitrogen and oxygen atoms in total. The van der Waals surface area contributed by atoms with Crippen LogP contribution in [0.25, 0.3) is 0 Å². The Morgan fingerprint density at radius 2 is 2.04 bits per heavy atom. The monoisotopic (exact) mass is 317 g/mol. The molecule has 3 N–H and O–H groups in total. The third-order valence-corrected chi connectivity index (χ3v) is 3.15. The zero-order chi connectivity index (χ0) is 16.7. The molecule has 0 aliphatic rings. The zero-order valence-electron chi connectivity index (χ0n) is 13.0. The summed E-state index contributed by atoms with van der Waals surface area (Å²) in [6.07, 6.45) is 0.904. The Hall–Kier alpha value is -2.80. The number of benzene rings is 1. The lowest BCUT2D eigenvalue weighted by Gasteiger charge is -2.14. The van der Waals surface area contributed by atoms with Crippen LogP contribution in [-0.4, -0.2) is 30.0 Å². The van der Waals surface area contributed by atoms with E-state index in [1.165, 1.54) is 0 Å². The summed E-state index contributed by atoms with van der Waals surface area (Å²) in [6, 6.07) is 10.7. The molecule has 23 heavy (non-hydrogen) atoms. The summed E-state index contributed by atoms with van der Waals surface area (Å²) in [6.45, 7) is 1.87. The van der Waals surface area contributed by atoms with Gasteiger partial charge >= 0.3 is 0 Å². The first-order chi connectivity index (χ1) is 11.1. The van der Waals surface area contributed by atoms with Crippen molar-refractivity contribution in [2.75, 3.05) is 7.11 Å². The molecule has 0 saturated heterocycles. The van der Waals surface area contributed by atoms with Crippen LogP contribution in [-0.2, 0) is 16.1 Å². The van der Waals surface area contributed by atoms with Gasteiger partial charge in [-0.1, -0.05) is 12.1 Å². The maximum absolute atomic E-state index is 11.9. The minimum Gasteiger partial charge on any atom is -0.497 e. The van der Waals surface area contributed by atoms with Gasteiger partial charge in [-0.3, -0.25) is 20.4 Å². The standard InChI is InChI=1S/C16H19N3O4/c1-11(23-10-12-5-3-6-13(9-12)22-2)15(20)18-19-16(21)14-7-4-8-17-14/h3-9,11,17H,10H2,1-2H3,(H,18,20)(H,19,21). The number of nitrogens with one attached hydrogen (secondary N) is 3. The molecular weight excluding hydrogens is 298 g/mol. The number of aromatic amines is 1. The molecule has 0 saturated carbocycles. The molecule has 0 aliphatic carbocycles. The molecule has 1 heterocycles.